The van der Waals surface area contributed by atoms with Gasteiger partial charge in [0.25, 0.3) is 0 Å². The maximum Gasteiger partial charge on any atom is 0.338 e. The van der Waals surface area contributed by atoms with Crippen molar-refractivity contribution in [1.82, 2.24) is 0 Å². The topological polar surface area (TPSA) is 26.3 Å². The van der Waals surface area contributed by atoms with Crippen LogP contribution in [-0.4, -0.2) is 12.6 Å². The number of carbonyl (C=O) groups is 1. The molecule has 0 unspecified atom stereocenters. The first-order chi connectivity index (χ1) is 22.3. The van der Waals surface area contributed by atoms with Gasteiger partial charge in [-0.3, -0.25) is 0 Å². The van der Waals surface area contributed by atoms with Gasteiger partial charge in [-0.05, 0) is 160 Å². The summed E-state index contributed by atoms with van der Waals surface area (Å²) in [6, 6.07) is 7.09. The first-order valence-electron chi connectivity index (χ1n) is 19.4. The minimum absolute atomic E-state index is 0.250. The highest BCUT2D eigenvalue weighted by atomic mass is 16.5. The molecule has 0 aliphatic heterocycles. The summed E-state index contributed by atoms with van der Waals surface area (Å²) in [5, 5.41) is 0. The summed E-state index contributed by atoms with van der Waals surface area (Å²) in [5.74, 6) is 5.63. The number of unbranched alkanes of at least 4 members (excludes halogenated alkanes) is 3. The van der Waals surface area contributed by atoms with Crippen molar-refractivity contribution in [3.63, 3.8) is 0 Å². The Morgan fingerprint density at radius 2 is 1.66 bits per heavy atom. The maximum atomic E-state index is 12.3. The van der Waals surface area contributed by atoms with Gasteiger partial charge in [0.2, 0.25) is 0 Å². The minimum atomic E-state index is -0.250. The van der Waals surface area contributed by atoms with Gasteiger partial charge in [-0.25, -0.2) is 4.79 Å². The fourth-order valence-corrected chi connectivity index (χ4v) is 11.9. The van der Waals surface area contributed by atoms with E-state index in [4.69, 9.17) is 11.2 Å². The molecule has 0 aromatic heterocycles. The molecule has 4 aliphatic rings. The molecule has 5 rings (SSSR count). The SMILES string of the molecule is C#Cc1ccc(C(=O)OCCCCCC[C@H]2CC[C@]3(C)C4=C(CC[C@H]3C2(C)C)[C@]2(C)CC[C@H]([C@H](C)CCC=C(C)C)[C@@]2(C)CC4)cc1. The highest BCUT2D eigenvalue weighted by Gasteiger charge is 2.63. The summed E-state index contributed by atoms with van der Waals surface area (Å²) in [4.78, 5) is 12.3. The van der Waals surface area contributed by atoms with Crippen molar-refractivity contribution >= 4 is 5.97 Å². The second-order valence-electron chi connectivity index (χ2n) is 17.8. The van der Waals surface area contributed by atoms with Gasteiger partial charge in [0, 0.05) is 5.56 Å². The number of rotatable bonds is 12. The molecule has 1 aromatic carbocycles. The highest BCUT2D eigenvalue weighted by molar-refractivity contribution is 5.89. The van der Waals surface area contributed by atoms with Gasteiger partial charge >= 0.3 is 5.97 Å². The van der Waals surface area contributed by atoms with Crippen molar-refractivity contribution in [2.24, 2.45) is 45.3 Å². The zero-order chi connectivity index (χ0) is 34.0. The third-order valence-electron chi connectivity index (χ3n) is 14.9. The Hall–Kier alpha value is -2.27. The quantitative estimate of drug-likeness (QED) is 0.0985. The van der Waals surface area contributed by atoms with Gasteiger partial charge in [0.1, 0.15) is 0 Å². The fourth-order valence-electron chi connectivity index (χ4n) is 11.9. The van der Waals surface area contributed by atoms with Crippen LogP contribution in [0.25, 0.3) is 0 Å². The van der Waals surface area contributed by atoms with Crippen LogP contribution in [0, 0.1) is 57.7 Å². The second-order valence-corrected chi connectivity index (χ2v) is 17.8. The van der Waals surface area contributed by atoms with Crippen molar-refractivity contribution in [2.45, 2.75) is 152 Å². The molecular formula is C45H66O2. The number of carbonyl (C=O) groups excluding carboxylic acids is 1. The smallest absolute Gasteiger partial charge is 0.338 e. The van der Waals surface area contributed by atoms with E-state index < -0.39 is 0 Å². The third-order valence-corrected chi connectivity index (χ3v) is 14.9. The lowest BCUT2D eigenvalue weighted by Gasteiger charge is -2.63. The molecule has 47 heavy (non-hydrogen) atoms. The van der Waals surface area contributed by atoms with Crippen LogP contribution in [0.5, 0.6) is 0 Å². The van der Waals surface area contributed by atoms with Crippen LogP contribution < -0.4 is 0 Å². The molecule has 7 atom stereocenters. The fraction of sp³-hybridized carbons (Fsp3) is 0.711. The van der Waals surface area contributed by atoms with Crippen LogP contribution in [0.2, 0.25) is 0 Å². The van der Waals surface area contributed by atoms with Crippen molar-refractivity contribution < 1.29 is 9.53 Å². The minimum Gasteiger partial charge on any atom is -0.462 e. The van der Waals surface area contributed by atoms with Crippen LogP contribution in [0.4, 0.5) is 0 Å². The zero-order valence-electron chi connectivity index (χ0n) is 31.4. The molecule has 0 amide bonds. The Balaban J connectivity index is 1.14. The van der Waals surface area contributed by atoms with Crippen molar-refractivity contribution in [1.29, 1.82) is 0 Å². The van der Waals surface area contributed by atoms with E-state index >= 15 is 0 Å². The molecular weight excluding hydrogens is 572 g/mol. The number of ether oxygens (including phenoxy) is 1. The molecule has 2 heteroatoms. The molecule has 0 heterocycles. The van der Waals surface area contributed by atoms with E-state index in [2.05, 4.69) is 67.4 Å². The molecule has 2 nitrogen and oxygen atoms in total. The van der Waals surface area contributed by atoms with Gasteiger partial charge < -0.3 is 4.74 Å². The first-order valence-corrected chi connectivity index (χ1v) is 19.4. The summed E-state index contributed by atoms with van der Waals surface area (Å²) >= 11 is 0. The van der Waals surface area contributed by atoms with E-state index in [0.29, 0.717) is 33.8 Å². The van der Waals surface area contributed by atoms with Gasteiger partial charge in [0.15, 0.2) is 0 Å². The van der Waals surface area contributed by atoms with Gasteiger partial charge in [-0.1, -0.05) is 89.5 Å². The second kappa shape index (κ2) is 14.3. The number of hydrogen-bond acceptors (Lipinski definition) is 2. The predicted molar refractivity (Wildman–Crippen MR) is 198 cm³/mol. The van der Waals surface area contributed by atoms with Crippen LogP contribution in [-0.2, 0) is 4.74 Å². The lowest BCUT2D eigenvalue weighted by molar-refractivity contribution is -0.0565. The number of fused-ring (bicyclic) bond motifs is 4. The standard InChI is InChI=1S/C45H66O2/c1-10-34-19-21-35(22-20-34)41(46)47-31-14-12-11-13-18-36-25-28-43(7)38-27-30-44(8)37(33(4)17-15-16-32(2)3)26-29-45(44,9)39(38)23-24-40(43)42(36,5)6/h1,16,19-22,33,36-37,40H,11-15,17-18,23-31H2,2-9H3/t33-,36+,37-,40+,43-,44-,45+/m1/s1. The lowest BCUT2D eigenvalue weighted by Crippen LogP contribution is -2.53. The number of allylic oxidation sites excluding steroid dienone is 4. The summed E-state index contributed by atoms with van der Waals surface area (Å²) in [5.41, 5.74) is 8.31. The molecule has 2 saturated carbocycles. The van der Waals surface area contributed by atoms with Crippen molar-refractivity contribution in [3.05, 3.63) is 58.2 Å². The molecule has 0 radical (unpaired) electrons. The summed E-state index contributed by atoms with van der Waals surface area (Å²) < 4.78 is 5.53. The van der Waals surface area contributed by atoms with Crippen molar-refractivity contribution in [2.75, 3.05) is 6.61 Å². The van der Waals surface area contributed by atoms with E-state index in [1.807, 2.05) is 11.1 Å². The van der Waals surface area contributed by atoms with Crippen LogP contribution in [0.3, 0.4) is 0 Å². The molecule has 4 aliphatic carbocycles. The zero-order valence-corrected chi connectivity index (χ0v) is 31.4. The molecule has 0 saturated heterocycles. The Morgan fingerprint density at radius 3 is 2.36 bits per heavy atom. The van der Waals surface area contributed by atoms with Crippen LogP contribution in [0.1, 0.15) is 168 Å². The number of esters is 1. The Labute approximate surface area is 289 Å². The molecule has 258 valence electrons. The van der Waals surface area contributed by atoms with Gasteiger partial charge in [-0.2, -0.15) is 0 Å². The normalized spacial score (nSPS) is 33.2. The molecule has 2 fully saturated rings. The Morgan fingerprint density at radius 1 is 0.936 bits per heavy atom. The third kappa shape index (κ3) is 6.81. The average molecular weight is 639 g/mol. The molecule has 0 bridgehead atoms. The van der Waals surface area contributed by atoms with E-state index in [-0.39, 0.29) is 5.97 Å². The Bertz CT molecular complexity index is 1370. The molecule has 1 aromatic rings. The Kier molecular flexibility index (Phi) is 11.0. The molecule has 0 spiro atoms. The lowest BCUT2D eigenvalue weighted by atomic mass is 9.42. The number of terminal acetylenes is 1. The largest absolute Gasteiger partial charge is 0.462 e. The predicted octanol–water partition coefficient (Wildman–Crippen LogP) is 12.5. The van der Waals surface area contributed by atoms with Crippen LogP contribution in [0.15, 0.2) is 47.1 Å². The first kappa shape index (κ1) is 36.0. The average Bonchev–Trinajstić information content (AvgIpc) is 3.32. The summed E-state index contributed by atoms with van der Waals surface area (Å²) in [6.45, 7) is 21.0. The molecule has 0 N–H and O–H groups in total. The van der Waals surface area contributed by atoms with Crippen molar-refractivity contribution in [3.8, 4) is 12.3 Å². The van der Waals surface area contributed by atoms with Gasteiger partial charge in [-0.15, -0.1) is 6.42 Å². The monoisotopic (exact) mass is 639 g/mol. The van der Waals surface area contributed by atoms with E-state index in [9.17, 15) is 4.79 Å². The number of hydrogen-bond donors (Lipinski definition) is 0. The van der Waals surface area contributed by atoms with E-state index in [1.54, 1.807) is 24.3 Å². The highest BCUT2D eigenvalue weighted by Crippen LogP contribution is 2.73. The van der Waals surface area contributed by atoms with Gasteiger partial charge in [0.05, 0.1) is 12.2 Å². The van der Waals surface area contributed by atoms with Crippen LogP contribution >= 0.6 is 0 Å². The summed E-state index contributed by atoms with van der Waals surface area (Å²) in [7, 11) is 0. The van der Waals surface area contributed by atoms with E-state index in [0.717, 1.165) is 42.1 Å². The number of benzene rings is 1. The summed E-state index contributed by atoms with van der Waals surface area (Å²) in [6.07, 6.45) is 27.5. The maximum absolute atomic E-state index is 12.3. The van der Waals surface area contributed by atoms with E-state index in [1.165, 1.54) is 89.0 Å².